The molecule has 23 heavy (non-hydrogen) atoms. The molecule has 1 N–H and O–H groups in total. The number of aromatic nitrogens is 1. The molecule has 1 heterocycles. The van der Waals surface area contributed by atoms with Gasteiger partial charge in [0.25, 0.3) is 0 Å². The third kappa shape index (κ3) is 5.50. The lowest BCUT2D eigenvalue weighted by Gasteiger charge is -2.29. The molecule has 11 heteroatoms. The number of hydrogen-bond acceptors (Lipinski definition) is 3. The van der Waals surface area contributed by atoms with E-state index in [-0.39, 0.29) is 10.5 Å². The molecule has 0 aliphatic carbocycles. The Morgan fingerprint density at radius 3 is 2.09 bits per heavy atom. The second-order valence-electron chi connectivity index (χ2n) is 5.56. The molecule has 0 spiro atoms. The molecule has 0 saturated carbocycles. The molecular weight excluding hydrogens is 414 g/mol. The lowest BCUT2D eigenvalue weighted by atomic mass is 10.1. The smallest absolute Gasteiger partial charge is 0.433 e. The van der Waals surface area contributed by atoms with Gasteiger partial charge in [-0.15, -0.1) is 4.72 Å². The fourth-order valence-corrected chi connectivity index (χ4v) is 2.69. The van der Waals surface area contributed by atoms with Gasteiger partial charge in [-0.3, -0.25) is 4.98 Å². The monoisotopic (exact) mass is 426 g/mol. The zero-order valence-electron chi connectivity index (χ0n) is 12.1. The molecule has 1 rings (SSSR count). The number of alkyl halides is 6. The number of rotatable bonds is 3. The van der Waals surface area contributed by atoms with E-state index in [9.17, 15) is 30.9 Å². The average molecular weight is 427 g/mol. The Hall–Kier alpha value is -0.520. The van der Waals surface area contributed by atoms with Crippen molar-refractivity contribution in [2.24, 2.45) is 0 Å². The Balaban J connectivity index is 3.34. The number of pyridine rings is 1. The molecule has 1 aromatic heterocycles. The largest absolute Gasteiger partial charge is 0.598 e. The van der Waals surface area contributed by atoms with Gasteiger partial charge in [0.1, 0.15) is 10.4 Å². The molecule has 0 saturated heterocycles. The minimum atomic E-state index is -4.95. The summed E-state index contributed by atoms with van der Waals surface area (Å²) >= 11 is 0.619. The van der Waals surface area contributed by atoms with E-state index in [4.69, 9.17) is 0 Å². The summed E-state index contributed by atoms with van der Waals surface area (Å²) in [5.74, 6) is 0. The Bertz CT molecular complexity index is 558. The lowest BCUT2D eigenvalue weighted by molar-refractivity contribution is -0.154. The number of nitrogens with one attached hydrogen (secondary N) is 1. The molecule has 0 bridgehead atoms. The van der Waals surface area contributed by atoms with Gasteiger partial charge < -0.3 is 4.55 Å². The minimum absolute atomic E-state index is 0.272. The first kappa shape index (κ1) is 20.5. The van der Waals surface area contributed by atoms with Gasteiger partial charge in [0.15, 0.2) is 6.04 Å². The lowest BCUT2D eigenvalue weighted by Crippen LogP contribution is -2.45. The summed E-state index contributed by atoms with van der Waals surface area (Å²) in [6, 6.07) is -2.25. The van der Waals surface area contributed by atoms with Gasteiger partial charge in [0.05, 0.1) is 0 Å². The van der Waals surface area contributed by atoms with Crippen molar-refractivity contribution in [2.75, 3.05) is 0 Å². The Morgan fingerprint density at radius 1 is 1.17 bits per heavy atom. The van der Waals surface area contributed by atoms with Crippen molar-refractivity contribution in [1.82, 2.24) is 9.71 Å². The van der Waals surface area contributed by atoms with Crippen LogP contribution in [0.1, 0.15) is 38.1 Å². The van der Waals surface area contributed by atoms with Crippen LogP contribution >= 0.6 is 15.9 Å². The predicted octanol–water partition coefficient (Wildman–Crippen LogP) is 4.52. The van der Waals surface area contributed by atoms with Crippen molar-refractivity contribution in [2.45, 2.75) is 43.9 Å². The van der Waals surface area contributed by atoms with Gasteiger partial charge in [-0.25, -0.2) is 0 Å². The molecule has 0 amide bonds. The average Bonchev–Trinajstić information content (AvgIpc) is 2.32. The zero-order valence-corrected chi connectivity index (χ0v) is 14.5. The molecule has 3 nitrogen and oxygen atoms in total. The maximum absolute atomic E-state index is 13.2. The molecule has 0 aliphatic rings. The molecule has 1 aromatic rings. The number of nitrogens with zero attached hydrogens (tertiary/aromatic N) is 1. The van der Waals surface area contributed by atoms with Crippen LogP contribution in [0.2, 0.25) is 0 Å². The van der Waals surface area contributed by atoms with Gasteiger partial charge in [-0.2, -0.15) is 26.3 Å². The number of halogens is 7. The van der Waals surface area contributed by atoms with E-state index < -0.39 is 45.8 Å². The van der Waals surface area contributed by atoms with Crippen LogP contribution in [0.5, 0.6) is 0 Å². The van der Waals surface area contributed by atoms with Crippen LogP contribution in [0.15, 0.2) is 16.7 Å². The zero-order chi connectivity index (χ0) is 18.2. The normalized spacial score (nSPS) is 16.3. The fraction of sp³-hybridized carbons (Fsp3) is 0.583. The summed E-state index contributed by atoms with van der Waals surface area (Å²) in [7, 11) is 0. The highest BCUT2D eigenvalue weighted by molar-refractivity contribution is 9.10. The molecule has 0 fully saturated rings. The highest BCUT2D eigenvalue weighted by Gasteiger charge is 2.47. The molecule has 0 aliphatic heterocycles. The van der Waals surface area contributed by atoms with Crippen molar-refractivity contribution in [1.29, 1.82) is 0 Å². The second-order valence-corrected chi connectivity index (χ2v) is 8.41. The molecule has 0 unspecified atom stereocenters. The van der Waals surface area contributed by atoms with Crippen LogP contribution in [-0.2, 0) is 17.5 Å². The van der Waals surface area contributed by atoms with E-state index in [2.05, 4.69) is 20.9 Å². The van der Waals surface area contributed by atoms with Crippen molar-refractivity contribution in [3.63, 3.8) is 0 Å². The molecule has 0 aromatic carbocycles. The quantitative estimate of drug-likeness (QED) is 0.570. The number of hydrogen-bond donors (Lipinski definition) is 1. The molecule has 0 radical (unpaired) electrons. The highest BCUT2D eigenvalue weighted by atomic mass is 79.9. The van der Waals surface area contributed by atoms with Crippen molar-refractivity contribution < 1.29 is 30.9 Å². The third-order valence-electron chi connectivity index (χ3n) is 2.59. The van der Waals surface area contributed by atoms with Gasteiger partial charge in [-0.05, 0) is 42.8 Å². The van der Waals surface area contributed by atoms with Gasteiger partial charge >= 0.3 is 12.4 Å². The Labute approximate surface area is 140 Å². The first-order valence-corrected chi connectivity index (χ1v) is 8.05. The van der Waals surface area contributed by atoms with Crippen LogP contribution < -0.4 is 4.72 Å². The van der Waals surface area contributed by atoms with Gasteiger partial charge in [-0.1, -0.05) is 0 Å². The summed E-state index contributed by atoms with van der Waals surface area (Å²) in [4.78, 5) is 3.06. The van der Waals surface area contributed by atoms with Crippen molar-refractivity contribution >= 4 is 27.3 Å². The van der Waals surface area contributed by atoms with E-state index in [1.54, 1.807) is 0 Å². The molecular formula is C12H13BrF6N2OS. The fourth-order valence-electron chi connectivity index (χ4n) is 1.42. The minimum Gasteiger partial charge on any atom is -0.598 e. The van der Waals surface area contributed by atoms with Crippen molar-refractivity contribution in [3.05, 3.63) is 28.0 Å². The summed E-state index contributed by atoms with van der Waals surface area (Å²) in [5, 5.41) is 0. The van der Waals surface area contributed by atoms with Crippen molar-refractivity contribution in [3.8, 4) is 0 Å². The molecule has 132 valence electrons. The van der Waals surface area contributed by atoms with E-state index in [0.29, 0.717) is 6.20 Å². The summed E-state index contributed by atoms with van der Waals surface area (Å²) in [6.45, 7) is 4.31. The topological polar surface area (TPSA) is 48.0 Å². The van der Waals surface area contributed by atoms with Crippen LogP contribution in [0.3, 0.4) is 0 Å². The van der Waals surface area contributed by atoms with E-state index in [1.807, 2.05) is 4.72 Å². The molecule has 2 atom stereocenters. The Kier molecular flexibility index (Phi) is 6.04. The first-order chi connectivity index (χ1) is 10.1. The van der Waals surface area contributed by atoms with Crippen LogP contribution in [-0.4, -0.2) is 20.5 Å². The maximum atomic E-state index is 13.2. The van der Waals surface area contributed by atoms with Crippen LogP contribution in [0, 0.1) is 0 Å². The van der Waals surface area contributed by atoms with Gasteiger partial charge in [0.2, 0.25) is 0 Å². The second kappa shape index (κ2) is 6.77. The predicted molar refractivity (Wildman–Crippen MR) is 76.8 cm³/mol. The SMILES string of the molecule is CC(C)(C)[S@@+]([O-])N[C@H](c1cc(C(F)(F)F)ncc1Br)C(F)(F)F. The van der Waals surface area contributed by atoms with E-state index in [0.717, 1.165) is 0 Å². The Morgan fingerprint density at radius 2 is 1.70 bits per heavy atom. The van der Waals surface area contributed by atoms with E-state index in [1.165, 1.54) is 20.8 Å². The van der Waals surface area contributed by atoms with E-state index >= 15 is 0 Å². The summed E-state index contributed by atoms with van der Waals surface area (Å²) in [5.41, 5.74) is -2.20. The third-order valence-corrected chi connectivity index (χ3v) is 4.82. The van der Waals surface area contributed by atoms with Gasteiger partial charge in [0, 0.05) is 27.6 Å². The summed E-state index contributed by atoms with van der Waals surface area (Å²) < 4.78 is 90.2. The highest BCUT2D eigenvalue weighted by Crippen LogP contribution is 2.39. The van der Waals surface area contributed by atoms with Crippen LogP contribution in [0.4, 0.5) is 26.3 Å². The summed E-state index contributed by atoms with van der Waals surface area (Å²) in [6.07, 6.45) is -9.21. The maximum Gasteiger partial charge on any atom is 0.433 e. The standard InChI is InChI=1S/C12H13BrF6N2OS/c1-10(2,3)23(22)21-9(12(17,18)19)6-4-8(11(14,15)16)20-5-7(6)13/h4-5,9,21H,1-3H3/t9-,23-/m1/s1. The first-order valence-electron chi connectivity index (χ1n) is 6.11. The van der Waals surface area contributed by atoms with Crippen LogP contribution in [0.25, 0.3) is 0 Å².